The molecule has 12 heavy (non-hydrogen) atoms. The van der Waals surface area contributed by atoms with Gasteiger partial charge in [0.05, 0.1) is 0 Å². The number of hydrogen-bond donors (Lipinski definition) is 1. The maximum Gasteiger partial charge on any atom is 0.229 e. The van der Waals surface area contributed by atoms with Crippen LogP contribution >= 0.6 is 0 Å². The highest BCUT2D eigenvalue weighted by molar-refractivity contribution is 5.56. The highest BCUT2D eigenvalue weighted by Crippen LogP contribution is 2.03. The van der Waals surface area contributed by atoms with Gasteiger partial charge in [0.1, 0.15) is 6.10 Å². The van der Waals surface area contributed by atoms with E-state index in [-0.39, 0.29) is 0 Å². The van der Waals surface area contributed by atoms with E-state index in [9.17, 15) is 4.79 Å². The smallest absolute Gasteiger partial charge is 0.229 e. The average Bonchev–Trinajstić information content (AvgIpc) is 2.16. The Morgan fingerprint density at radius 2 is 2.00 bits per heavy atom. The summed E-state index contributed by atoms with van der Waals surface area (Å²) in [6, 6.07) is 9.75. The monoisotopic (exact) mass is 163 g/mol. The molecule has 0 bridgehead atoms. The van der Waals surface area contributed by atoms with Gasteiger partial charge in [0.25, 0.3) is 0 Å². The van der Waals surface area contributed by atoms with Gasteiger partial charge in [0.2, 0.25) is 6.29 Å². The van der Waals surface area contributed by atoms with Crippen LogP contribution in [0.15, 0.2) is 30.3 Å². The van der Waals surface area contributed by atoms with Crippen LogP contribution in [0.25, 0.3) is 0 Å². The number of aliphatic hydroxyl groups excluding tert-OH is 1. The van der Waals surface area contributed by atoms with E-state index in [2.05, 4.69) is 0 Å². The predicted molar refractivity (Wildman–Crippen MR) is 46.5 cm³/mol. The lowest BCUT2D eigenvalue weighted by Gasteiger charge is -2.01. The van der Waals surface area contributed by atoms with Crippen molar-refractivity contribution in [2.24, 2.45) is 0 Å². The summed E-state index contributed by atoms with van der Waals surface area (Å²) in [5, 5.41) is 8.90. The lowest BCUT2D eigenvalue weighted by Crippen LogP contribution is -2.08. The number of aryl methyl sites for hydroxylation is 1. The molecule has 0 spiro atoms. The molecule has 0 heterocycles. The fourth-order valence-corrected chi connectivity index (χ4v) is 1.01. The van der Waals surface area contributed by atoms with Gasteiger partial charge in [-0.05, 0) is 18.4 Å². The molecule has 1 atom stereocenters. The van der Waals surface area contributed by atoms with E-state index in [0.29, 0.717) is 6.42 Å². The van der Waals surface area contributed by atoms with Crippen molar-refractivity contribution < 1.29 is 9.90 Å². The van der Waals surface area contributed by atoms with Gasteiger partial charge < -0.3 is 5.11 Å². The van der Waals surface area contributed by atoms with Crippen LogP contribution in [0.4, 0.5) is 0 Å². The van der Waals surface area contributed by atoms with E-state index in [4.69, 9.17) is 5.11 Å². The first-order chi connectivity index (χ1) is 5.83. The van der Waals surface area contributed by atoms with Crippen LogP contribution in [0, 0.1) is 0 Å². The van der Waals surface area contributed by atoms with Gasteiger partial charge in [-0.15, -0.1) is 0 Å². The van der Waals surface area contributed by atoms with Crippen molar-refractivity contribution in [2.45, 2.75) is 18.9 Å². The van der Waals surface area contributed by atoms with Crippen LogP contribution in [0.1, 0.15) is 12.0 Å². The Kier molecular flexibility index (Phi) is 3.48. The highest BCUT2D eigenvalue weighted by Gasteiger charge is 2.01. The first-order valence-corrected chi connectivity index (χ1v) is 3.92. The minimum absolute atomic E-state index is 0.452. The normalized spacial score (nSPS) is 12.4. The third-order valence-corrected chi connectivity index (χ3v) is 1.69. The molecule has 1 radical (unpaired) electrons. The van der Waals surface area contributed by atoms with Gasteiger partial charge >= 0.3 is 0 Å². The molecule has 0 aliphatic rings. The Bertz CT molecular complexity index is 231. The molecule has 1 unspecified atom stereocenters. The number of rotatable bonds is 4. The molecule has 0 aliphatic heterocycles. The zero-order valence-electron chi connectivity index (χ0n) is 6.73. The van der Waals surface area contributed by atoms with E-state index in [1.807, 2.05) is 30.3 Å². The number of carbonyl (C=O) groups excluding carboxylic acids is 1. The second-order valence-electron chi connectivity index (χ2n) is 2.66. The number of hydrogen-bond acceptors (Lipinski definition) is 2. The molecule has 1 N–H and O–H groups in total. The standard InChI is InChI=1S/C10H11O2/c11-8-10(12)7-6-9-4-2-1-3-5-9/h1-5,10,12H,6-7H2. The molecule has 2 heteroatoms. The van der Waals surface area contributed by atoms with Gasteiger partial charge in [0, 0.05) is 0 Å². The highest BCUT2D eigenvalue weighted by atomic mass is 16.3. The van der Waals surface area contributed by atoms with Crippen LogP contribution in [-0.4, -0.2) is 17.5 Å². The molecule has 0 fully saturated rings. The second kappa shape index (κ2) is 4.67. The second-order valence-corrected chi connectivity index (χ2v) is 2.66. The summed E-state index contributed by atoms with van der Waals surface area (Å²) < 4.78 is 0. The summed E-state index contributed by atoms with van der Waals surface area (Å²) in [4.78, 5) is 9.95. The minimum Gasteiger partial charge on any atom is -0.385 e. The molecule has 0 aromatic heterocycles. The SMILES string of the molecule is O=[C]C(O)CCc1ccccc1. The zero-order chi connectivity index (χ0) is 8.81. The Labute approximate surface area is 71.8 Å². The third kappa shape index (κ3) is 2.84. The maximum atomic E-state index is 9.95. The topological polar surface area (TPSA) is 37.3 Å². The van der Waals surface area contributed by atoms with Gasteiger partial charge in [-0.3, -0.25) is 4.79 Å². The maximum absolute atomic E-state index is 9.95. The summed E-state index contributed by atoms with van der Waals surface area (Å²) in [5.41, 5.74) is 1.13. The Hall–Kier alpha value is -1.15. The number of benzene rings is 1. The van der Waals surface area contributed by atoms with Gasteiger partial charge in [0.15, 0.2) is 0 Å². The van der Waals surface area contributed by atoms with Crippen LogP contribution in [0.3, 0.4) is 0 Å². The summed E-state index contributed by atoms with van der Waals surface area (Å²) >= 11 is 0. The van der Waals surface area contributed by atoms with Gasteiger partial charge in [-0.25, -0.2) is 0 Å². The first-order valence-electron chi connectivity index (χ1n) is 3.92. The zero-order valence-corrected chi connectivity index (χ0v) is 6.73. The summed E-state index contributed by atoms with van der Waals surface area (Å²) in [7, 11) is 0. The van der Waals surface area contributed by atoms with Crippen molar-refractivity contribution in [3.8, 4) is 0 Å². The van der Waals surface area contributed by atoms with Crippen LogP contribution in [-0.2, 0) is 11.2 Å². The summed E-state index contributed by atoms with van der Waals surface area (Å²) in [5.74, 6) is 0. The van der Waals surface area contributed by atoms with E-state index in [1.165, 1.54) is 0 Å². The molecule has 0 saturated carbocycles. The lowest BCUT2D eigenvalue weighted by atomic mass is 10.1. The van der Waals surface area contributed by atoms with Crippen molar-refractivity contribution in [3.63, 3.8) is 0 Å². The predicted octanol–water partition coefficient (Wildman–Crippen LogP) is 1.09. The molecule has 0 saturated heterocycles. The van der Waals surface area contributed by atoms with Gasteiger partial charge in [-0.1, -0.05) is 30.3 Å². The lowest BCUT2D eigenvalue weighted by molar-refractivity contribution is 0.224. The molecule has 1 aromatic rings. The minimum atomic E-state index is -0.940. The van der Waals surface area contributed by atoms with Crippen molar-refractivity contribution in [2.75, 3.05) is 0 Å². The third-order valence-electron chi connectivity index (χ3n) is 1.69. The van der Waals surface area contributed by atoms with Crippen molar-refractivity contribution >= 4 is 6.29 Å². The molecule has 1 aromatic carbocycles. The molecule has 63 valence electrons. The van der Waals surface area contributed by atoms with E-state index in [0.717, 1.165) is 12.0 Å². The van der Waals surface area contributed by atoms with Crippen molar-refractivity contribution in [3.05, 3.63) is 35.9 Å². The molecular weight excluding hydrogens is 152 g/mol. The van der Waals surface area contributed by atoms with E-state index < -0.39 is 6.10 Å². The molecule has 0 aliphatic carbocycles. The molecule has 2 nitrogen and oxygen atoms in total. The molecule has 1 rings (SSSR count). The van der Waals surface area contributed by atoms with Crippen LogP contribution in [0.2, 0.25) is 0 Å². The number of aliphatic hydroxyl groups is 1. The Morgan fingerprint density at radius 3 is 2.58 bits per heavy atom. The van der Waals surface area contributed by atoms with Crippen LogP contribution in [0.5, 0.6) is 0 Å². The molecule has 0 amide bonds. The van der Waals surface area contributed by atoms with E-state index >= 15 is 0 Å². The fraction of sp³-hybridized carbons (Fsp3) is 0.300. The Morgan fingerprint density at radius 1 is 1.33 bits per heavy atom. The quantitative estimate of drug-likeness (QED) is 0.721. The Balaban J connectivity index is 2.38. The molecular formula is C10H11O2. The van der Waals surface area contributed by atoms with Gasteiger partial charge in [-0.2, -0.15) is 0 Å². The summed E-state index contributed by atoms with van der Waals surface area (Å²) in [6.45, 7) is 0. The van der Waals surface area contributed by atoms with Crippen molar-refractivity contribution in [1.29, 1.82) is 0 Å². The largest absolute Gasteiger partial charge is 0.385 e. The first kappa shape index (κ1) is 8.94. The van der Waals surface area contributed by atoms with Crippen molar-refractivity contribution in [1.82, 2.24) is 0 Å². The van der Waals surface area contributed by atoms with E-state index in [1.54, 1.807) is 6.29 Å². The van der Waals surface area contributed by atoms with Crippen LogP contribution < -0.4 is 0 Å². The summed E-state index contributed by atoms with van der Waals surface area (Å²) in [6.07, 6.45) is 1.77. The average molecular weight is 163 g/mol. The fourth-order valence-electron chi connectivity index (χ4n) is 1.01.